The van der Waals surface area contributed by atoms with Gasteiger partial charge in [-0.1, -0.05) is 12.1 Å². The first-order valence-corrected chi connectivity index (χ1v) is 8.38. The van der Waals surface area contributed by atoms with Gasteiger partial charge in [-0.05, 0) is 49.3 Å². The number of aliphatic hydroxyl groups is 1. The number of aryl methyl sites for hydroxylation is 1. The fourth-order valence-corrected chi connectivity index (χ4v) is 3.62. The van der Waals surface area contributed by atoms with Crippen LogP contribution < -0.4 is 10.2 Å². The third kappa shape index (κ3) is 3.39. The van der Waals surface area contributed by atoms with E-state index in [1.165, 1.54) is 5.69 Å². The molecule has 23 heavy (non-hydrogen) atoms. The van der Waals surface area contributed by atoms with Gasteiger partial charge >= 0.3 is 0 Å². The van der Waals surface area contributed by atoms with Gasteiger partial charge in [-0.2, -0.15) is 0 Å². The summed E-state index contributed by atoms with van der Waals surface area (Å²) < 4.78 is 0. The Labute approximate surface area is 136 Å². The molecule has 2 aliphatic heterocycles. The number of hydrogen-bond donors (Lipinski definition) is 2. The van der Waals surface area contributed by atoms with Crippen molar-refractivity contribution in [2.45, 2.75) is 38.5 Å². The molecule has 2 aliphatic rings. The fourth-order valence-electron chi connectivity index (χ4n) is 3.62. The molecule has 0 saturated carbocycles. The molecule has 5 heteroatoms. The molecule has 3 rings (SSSR count). The van der Waals surface area contributed by atoms with E-state index in [1.54, 1.807) is 0 Å². The van der Waals surface area contributed by atoms with E-state index in [0.717, 1.165) is 37.1 Å². The molecule has 1 unspecified atom stereocenters. The average Bonchev–Trinajstić information content (AvgIpc) is 2.55. The summed E-state index contributed by atoms with van der Waals surface area (Å²) in [5, 5.41) is 11.7. The second-order valence-electron chi connectivity index (χ2n) is 6.66. The molecule has 1 atom stereocenters. The van der Waals surface area contributed by atoms with Crippen LogP contribution in [0.15, 0.2) is 18.2 Å². The van der Waals surface area contributed by atoms with E-state index in [9.17, 15) is 14.7 Å². The largest absolute Gasteiger partial charge is 0.396 e. The molecule has 0 aromatic heterocycles. The Bertz CT molecular complexity index is 606. The van der Waals surface area contributed by atoms with Gasteiger partial charge in [0.25, 0.3) is 0 Å². The number of benzene rings is 1. The number of carbonyl (C=O) groups excluding carboxylic acids is 2. The SMILES string of the molecule is Cc1cc(C2CCC(=O)NC2=O)ccc1N1CCC(CO)CC1. The quantitative estimate of drug-likeness (QED) is 0.833. The van der Waals surface area contributed by atoms with Gasteiger partial charge in [-0.3, -0.25) is 14.9 Å². The molecule has 0 aliphatic carbocycles. The highest BCUT2D eigenvalue weighted by molar-refractivity contribution is 6.01. The predicted molar refractivity (Wildman–Crippen MR) is 88.3 cm³/mol. The van der Waals surface area contributed by atoms with Crippen molar-refractivity contribution in [3.05, 3.63) is 29.3 Å². The summed E-state index contributed by atoms with van der Waals surface area (Å²) in [6, 6.07) is 6.18. The molecule has 0 spiro atoms. The number of rotatable bonds is 3. The van der Waals surface area contributed by atoms with Crippen molar-refractivity contribution in [1.82, 2.24) is 5.32 Å². The van der Waals surface area contributed by atoms with Crippen molar-refractivity contribution >= 4 is 17.5 Å². The van der Waals surface area contributed by atoms with E-state index in [2.05, 4.69) is 29.3 Å². The van der Waals surface area contributed by atoms with E-state index in [1.807, 2.05) is 6.07 Å². The van der Waals surface area contributed by atoms with Crippen LogP contribution in [0.4, 0.5) is 5.69 Å². The molecular formula is C18H24N2O3. The number of hydrogen-bond acceptors (Lipinski definition) is 4. The van der Waals surface area contributed by atoms with Crippen LogP contribution in [0.3, 0.4) is 0 Å². The number of amides is 2. The first kappa shape index (κ1) is 16.0. The normalized spacial score (nSPS) is 23.0. The smallest absolute Gasteiger partial charge is 0.234 e. The summed E-state index contributed by atoms with van der Waals surface area (Å²) in [7, 11) is 0. The highest BCUT2D eigenvalue weighted by atomic mass is 16.3. The highest BCUT2D eigenvalue weighted by Crippen LogP contribution is 2.31. The third-order valence-electron chi connectivity index (χ3n) is 5.08. The molecule has 124 valence electrons. The summed E-state index contributed by atoms with van der Waals surface area (Å²) in [6.07, 6.45) is 3.03. The van der Waals surface area contributed by atoms with E-state index >= 15 is 0 Å². The fraction of sp³-hybridized carbons (Fsp3) is 0.556. The summed E-state index contributed by atoms with van der Waals surface area (Å²) in [5.41, 5.74) is 3.36. The van der Waals surface area contributed by atoms with Crippen molar-refractivity contribution in [2.75, 3.05) is 24.6 Å². The Kier molecular flexibility index (Phi) is 4.66. The maximum absolute atomic E-state index is 12.0. The number of nitrogens with zero attached hydrogens (tertiary/aromatic N) is 1. The minimum absolute atomic E-state index is 0.175. The maximum atomic E-state index is 12.0. The molecule has 2 saturated heterocycles. The first-order valence-electron chi connectivity index (χ1n) is 8.38. The number of piperidine rings is 2. The minimum Gasteiger partial charge on any atom is -0.396 e. The molecule has 2 amide bonds. The van der Waals surface area contributed by atoms with Gasteiger partial charge in [-0.15, -0.1) is 0 Å². The van der Waals surface area contributed by atoms with E-state index in [4.69, 9.17) is 0 Å². The van der Waals surface area contributed by atoms with Gasteiger partial charge in [0.2, 0.25) is 11.8 Å². The van der Waals surface area contributed by atoms with Gasteiger partial charge in [-0.25, -0.2) is 0 Å². The van der Waals surface area contributed by atoms with E-state index < -0.39 is 0 Å². The summed E-state index contributed by atoms with van der Waals surface area (Å²) in [4.78, 5) is 25.6. The van der Waals surface area contributed by atoms with Crippen LogP contribution in [-0.4, -0.2) is 36.6 Å². The molecular weight excluding hydrogens is 292 g/mol. The number of aliphatic hydroxyl groups excluding tert-OH is 1. The lowest BCUT2D eigenvalue weighted by Crippen LogP contribution is -2.39. The van der Waals surface area contributed by atoms with Crippen LogP contribution >= 0.6 is 0 Å². The van der Waals surface area contributed by atoms with Gasteiger partial charge in [0.05, 0.1) is 5.92 Å². The van der Waals surface area contributed by atoms with Gasteiger partial charge < -0.3 is 10.0 Å². The van der Waals surface area contributed by atoms with Gasteiger partial charge in [0, 0.05) is 31.8 Å². The van der Waals surface area contributed by atoms with E-state index in [-0.39, 0.29) is 24.3 Å². The monoisotopic (exact) mass is 316 g/mol. The zero-order chi connectivity index (χ0) is 16.4. The van der Waals surface area contributed by atoms with Crippen LogP contribution in [0.5, 0.6) is 0 Å². The Hall–Kier alpha value is -1.88. The van der Waals surface area contributed by atoms with Crippen molar-refractivity contribution in [2.24, 2.45) is 5.92 Å². The lowest BCUT2D eigenvalue weighted by molar-refractivity contribution is -0.134. The predicted octanol–water partition coefficient (Wildman–Crippen LogP) is 1.72. The number of carbonyl (C=O) groups is 2. The molecule has 0 radical (unpaired) electrons. The first-order chi connectivity index (χ1) is 11.1. The maximum Gasteiger partial charge on any atom is 0.234 e. The standard InChI is InChI=1S/C18H24N2O3/c1-12-10-14(15-3-5-17(22)19-18(15)23)2-4-16(12)20-8-6-13(11-21)7-9-20/h2,4,10,13,15,21H,3,5-9,11H2,1H3,(H,19,22,23). The summed E-state index contributed by atoms with van der Waals surface area (Å²) >= 11 is 0. The molecule has 0 bridgehead atoms. The average molecular weight is 316 g/mol. The van der Waals surface area contributed by atoms with Crippen LogP contribution in [0.1, 0.15) is 42.7 Å². The van der Waals surface area contributed by atoms with Gasteiger partial charge in [0.15, 0.2) is 0 Å². The van der Waals surface area contributed by atoms with Crippen LogP contribution in [0.25, 0.3) is 0 Å². The number of nitrogens with one attached hydrogen (secondary N) is 1. The van der Waals surface area contributed by atoms with Crippen LogP contribution in [0, 0.1) is 12.8 Å². The number of anilines is 1. The Balaban J connectivity index is 1.73. The van der Waals surface area contributed by atoms with Crippen molar-refractivity contribution in [1.29, 1.82) is 0 Å². The molecule has 5 nitrogen and oxygen atoms in total. The zero-order valence-electron chi connectivity index (χ0n) is 13.5. The zero-order valence-corrected chi connectivity index (χ0v) is 13.5. The van der Waals surface area contributed by atoms with Crippen molar-refractivity contribution in [3.8, 4) is 0 Å². The lowest BCUT2D eigenvalue weighted by atomic mass is 9.89. The van der Waals surface area contributed by atoms with Crippen LogP contribution in [0.2, 0.25) is 0 Å². The molecule has 1 aromatic carbocycles. The molecule has 2 fully saturated rings. The molecule has 2 heterocycles. The lowest BCUT2D eigenvalue weighted by Gasteiger charge is -2.34. The Morgan fingerprint density at radius 2 is 1.96 bits per heavy atom. The Morgan fingerprint density at radius 1 is 1.22 bits per heavy atom. The van der Waals surface area contributed by atoms with Crippen LogP contribution in [-0.2, 0) is 9.59 Å². The second kappa shape index (κ2) is 6.71. The highest BCUT2D eigenvalue weighted by Gasteiger charge is 2.28. The molecule has 2 N–H and O–H groups in total. The Morgan fingerprint density at radius 3 is 2.57 bits per heavy atom. The minimum atomic E-state index is -0.222. The molecule has 1 aromatic rings. The number of imide groups is 1. The third-order valence-corrected chi connectivity index (χ3v) is 5.08. The van der Waals surface area contributed by atoms with Crippen molar-refractivity contribution < 1.29 is 14.7 Å². The van der Waals surface area contributed by atoms with Crippen molar-refractivity contribution in [3.63, 3.8) is 0 Å². The summed E-state index contributed by atoms with van der Waals surface area (Å²) in [5.74, 6) is -0.154. The van der Waals surface area contributed by atoms with Gasteiger partial charge in [0.1, 0.15) is 0 Å². The summed E-state index contributed by atoms with van der Waals surface area (Å²) in [6.45, 7) is 4.28. The second-order valence-corrected chi connectivity index (χ2v) is 6.66. The van der Waals surface area contributed by atoms with E-state index in [0.29, 0.717) is 18.8 Å². The topological polar surface area (TPSA) is 69.6 Å².